The number of para-hydroxylation sites is 1. The second kappa shape index (κ2) is 8.85. The van der Waals surface area contributed by atoms with Gasteiger partial charge in [-0.15, -0.1) is 0 Å². The van der Waals surface area contributed by atoms with Gasteiger partial charge in [-0.05, 0) is 63.0 Å². The summed E-state index contributed by atoms with van der Waals surface area (Å²) in [6, 6.07) is 7.34. The molecule has 2 unspecified atom stereocenters. The fourth-order valence-electron chi connectivity index (χ4n) is 5.12. The van der Waals surface area contributed by atoms with Gasteiger partial charge in [0.1, 0.15) is 5.75 Å². The summed E-state index contributed by atoms with van der Waals surface area (Å²) in [5.74, 6) is 1.07. The normalized spacial score (nSPS) is 32.8. The Morgan fingerprint density at radius 1 is 1.10 bits per heavy atom. The Balaban J connectivity index is 1.65. The number of nitrogens with one attached hydrogen (secondary N) is 1. The Labute approximate surface area is 179 Å². The van der Waals surface area contributed by atoms with Crippen LogP contribution in [0.1, 0.15) is 56.9 Å². The van der Waals surface area contributed by atoms with Crippen LogP contribution in [0.25, 0.3) is 0 Å². The van der Waals surface area contributed by atoms with Crippen molar-refractivity contribution in [3.63, 3.8) is 0 Å². The number of amides is 1. The van der Waals surface area contributed by atoms with Crippen LogP contribution in [0.2, 0.25) is 0 Å². The fourth-order valence-corrected chi connectivity index (χ4v) is 5.95. The summed E-state index contributed by atoms with van der Waals surface area (Å²) < 4.78 is 39.0. The first-order valence-electron chi connectivity index (χ1n) is 11.0. The average Bonchev–Trinajstić information content (AvgIpc) is 2.72. The highest BCUT2D eigenvalue weighted by atomic mass is 32.2. The minimum Gasteiger partial charge on any atom is -0.481 e. The van der Waals surface area contributed by atoms with Crippen LogP contribution in [0.4, 0.5) is 0 Å². The van der Waals surface area contributed by atoms with E-state index in [0.29, 0.717) is 25.5 Å². The monoisotopic (exact) mass is 436 g/mol. The third-order valence-electron chi connectivity index (χ3n) is 6.61. The van der Waals surface area contributed by atoms with Crippen LogP contribution in [0.5, 0.6) is 5.75 Å². The Bertz CT molecular complexity index is 866. The summed E-state index contributed by atoms with van der Waals surface area (Å²) in [6.07, 6.45) is 6.05. The Hall–Kier alpha value is -1.64. The van der Waals surface area contributed by atoms with Crippen LogP contribution in [0.3, 0.4) is 0 Å². The van der Waals surface area contributed by atoms with Gasteiger partial charge in [0.25, 0.3) is 5.91 Å². The molecule has 0 spiro atoms. The topological polar surface area (TPSA) is 84.9 Å². The van der Waals surface area contributed by atoms with Crippen molar-refractivity contribution < 1.29 is 22.7 Å². The zero-order chi connectivity index (χ0) is 21.3. The van der Waals surface area contributed by atoms with Gasteiger partial charge in [0.15, 0.2) is 6.10 Å². The molecule has 1 aliphatic carbocycles. The minimum absolute atomic E-state index is 0.120. The molecule has 0 radical (unpaired) electrons. The third kappa shape index (κ3) is 4.81. The van der Waals surface area contributed by atoms with Gasteiger partial charge in [0, 0.05) is 12.6 Å². The summed E-state index contributed by atoms with van der Waals surface area (Å²) in [4.78, 5) is 15.1. The van der Waals surface area contributed by atoms with E-state index in [1.165, 1.54) is 5.56 Å². The van der Waals surface area contributed by atoms with Crippen LogP contribution in [-0.4, -0.2) is 62.9 Å². The highest BCUT2D eigenvalue weighted by Gasteiger charge is 2.39. The number of carbonyl (C=O) groups is 1. The van der Waals surface area contributed by atoms with E-state index >= 15 is 0 Å². The van der Waals surface area contributed by atoms with Crippen LogP contribution < -0.4 is 9.46 Å². The van der Waals surface area contributed by atoms with Crippen molar-refractivity contribution >= 4 is 15.9 Å². The van der Waals surface area contributed by atoms with Gasteiger partial charge in [-0.3, -0.25) is 4.79 Å². The number of hydrogen-bond donors (Lipinski definition) is 1. The van der Waals surface area contributed by atoms with Gasteiger partial charge >= 0.3 is 0 Å². The first-order chi connectivity index (χ1) is 14.3. The number of sulfonamides is 1. The zero-order valence-electron chi connectivity index (χ0n) is 17.7. The molecule has 1 saturated carbocycles. The lowest BCUT2D eigenvalue weighted by Crippen LogP contribution is -2.60. The Kier molecular flexibility index (Phi) is 6.36. The molecule has 5 rings (SSSR count). The van der Waals surface area contributed by atoms with Crippen molar-refractivity contribution in [2.45, 2.75) is 75.7 Å². The molecular weight excluding hydrogens is 404 g/mol. The SMILES string of the molecule is C[C@H]1Oc2ccccc2C2CCC(CC2)OCC2C(NS(C)(=O)=O)CCCN2C1=O. The molecule has 1 N–H and O–H groups in total. The van der Waals surface area contributed by atoms with Crippen molar-refractivity contribution in [3.05, 3.63) is 29.8 Å². The molecule has 8 heteroatoms. The van der Waals surface area contributed by atoms with E-state index in [9.17, 15) is 13.2 Å². The molecule has 0 aromatic heterocycles. The largest absolute Gasteiger partial charge is 0.481 e. The molecule has 1 amide bonds. The maximum Gasteiger partial charge on any atom is 0.263 e. The smallest absolute Gasteiger partial charge is 0.263 e. The molecule has 1 saturated heterocycles. The van der Waals surface area contributed by atoms with E-state index in [1.54, 1.807) is 11.8 Å². The van der Waals surface area contributed by atoms with E-state index in [2.05, 4.69) is 10.8 Å². The predicted octanol–water partition coefficient (Wildman–Crippen LogP) is 2.42. The number of fused-ring (bicyclic) bond motifs is 5. The highest BCUT2D eigenvalue weighted by Crippen LogP contribution is 2.39. The Morgan fingerprint density at radius 2 is 1.83 bits per heavy atom. The minimum atomic E-state index is -3.39. The molecule has 1 aromatic carbocycles. The van der Waals surface area contributed by atoms with Gasteiger partial charge < -0.3 is 14.4 Å². The molecule has 2 fully saturated rings. The van der Waals surface area contributed by atoms with E-state index < -0.39 is 16.1 Å². The van der Waals surface area contributed by atoms with Gasteiger partial charge in [-0.25, -0.2) is 13.1 Å². The first-order valence-corrected chi connectivity index (χ1v) is 12.9. The summed E-state index contributed by atoms with van der Waals surface area (Å²) >= 11 is 0. The summed E-state index contributed by atoms with van der Waals surface area (Å²) in [5, 5.41) is 0. The van der Waals surface area contributed by atoms with Crippen LogP contribution in [0, 0.1) is 0 Å². The zero-order valence-corrected chi connectivity index (χ0v) is 18.6. The summed E-state index contributed by atoms with van der Waals surface area (Å²) in [7, 11) is -3.39. The van der Waals surface area contributed by atoms with Crippen molar-refractivity contribution in [2.24, 2.45) is 0 Å². The number of ether oxygens (including phenoxy) is 2. The quantitative estimate of drug-likeness (QED) is 0.770. The Morgan fingerprint density at radius 3 is 2.57 bits per heavy atom. The third-order valence-corrected chi connectivity index (χ3v) is 7.35. The number of nitrogens with zero attached hydrogens (tertiary/aromatic N) is 1. The highest BCUT2D eigenvalue weighted by molar-refractivity contribution is 7.88. The summed E-state index contributed by atoms with van der Waals surface area (Å²) in [5.41, 5.74) is 1.17. The van der Waals surface area contributed by atoms with Crippen LogP contribution in [-0.2, 0) is 19.6 Å². The molecule has 4 aliphatic rings. The number of carbonyl (C=O) groups excluding carboxylic acids is 1. The number of benzene rings is 1. The molecule has 30 heavy (non-hydrogen) atoms. The molecular formula is C22H32N2O5S. The molecule has 3 aliphatic heterocycles. The lowest BCUT2D eigenvalue weighted by Gasteiger charge is -2.42. The van der Waals surface area contributed by atoms with Crippen molar-refractivity contribution in [2.75, 3.05) is 19.4 Å². The number of rotatable bonds is 2. The molecule has 3 heterocycles. The number of hydrogen-bond acceptors (Lipinski definition) is 5. The summed E-state index contributed by atoms with van der Waals surface area (Å²) in [6.45, 7) is 2.70. The number of piperidine rings is 1. The van der Waals surface area contributed by atoms with Gasteiger partial charge in [0.2, 0.25) is 10.0 Å². The second-order valence-corrected chi connectivity index (χ2v) is 10.6. The second-order valence-electron chi connectivity index (χ2n) is 8.84. The lowest BCUT2D eigenvalue weighted by atomic mass is 9.82. The van der Waals surface area contributed by atoms with Crippen molar-refractivity contribution in [1.82, 2.24) is 9.62 Å². The predicted molar refractivity (Wildman–Crippen MR) is 114 cm³/mol. The molecule has 3 atom stereocenters. The first kappa shape index (κ1) is 21.6. The molecule has 1 aromatic rings. The van der Waals surface area contributed by atoms with Gasteiger partial charge in [0.05, 0.1) is 25.0 Å². The van der Waals surface area contributed by atoms with Crippen molar-refractivity contribution in [3.8, 4) is 5.75 Å². The van der Waals surface area contributed by atoms with Gasteiger partial charge in [-0.2, -0.15) is 0 Å². The molecule has 2 bridgehead atoms. The van der Waals surface area contributed by atoms with Gasteiger partial charge in [-0.1, -0.05) is 18.2 Å². The van der Waals surface area contributed by atoms with Crippen molar-refractivity contribution in [1.29, 1.82) is 0 Å². The fraction of sp³-hybridized carbons (Fsp3) is 0.682. The average molecular weight is 437 g/mol. The molecule has 7 nitrogen and oxygen atoms in total. The maximum atomic E-state index is 13.3. The van der Waals surface area contributed by atoms with Crippen LogP contribution in [0.15, 0.2) is 24.3 Å². The van der Waals surface area contributed by atoms with Crippen LogP contribution >= 0.6 is 0 Å². The van der Waals surface area contributed by atoms with E-state index in [1.807, 2.05) is 18.2 Å². The van der Waals surface area contributed by atoms with E-state index in [-0.39, 0.29) is 24.1 Å². The molecule has 166 valence electrons. The lowest BCUT2D eigenvalue weighted by molar-refractivity contribution is -0.145. The maximum absolute atomic E-state index is 13.3. The van der Waals surface area contributed by atoms with E-state index in [0.717, 1.165) is 44.1 Å². The standard InChI is InChI=1S/C22H32N2O5S/c1-15-22(25)24-13-5-7-19(23-30(2,26)27)20(24)14-28-17-11-9-16(10-12-17)18-6-3-4-8-21(18)29-15/h3-4,6,8,15-17,19-20,23H,5,7,9-14H2,1-2H3/t15-,16?,17?,19?,20?/m1/s1. The van der Waals surface area contributed by atoms with E-state index in [4.69, 9.17) is 9.47 Å².